The molecule has 0 aliphatic heterocycles. The Morgan fingerprint density at radius 3 is 2.67 bits per heavy atom. The average molecular weight is 314 g/mol. The van der Waals surface area contributed by atoms with Gasteiger partial charge in [-0.3, -0.25) is 0 Å². The zero-order chi connectivity index (χ0) is 13.2. The number of nitrogens with one attached hydrogen (secondary N) is 1. The van der Waals surface area contributed by atoms with Crippen molar-refractivity contribution in [2.45, 2.75) is 57.9 Å². The first kappa shape index (κ1) is 14.1. The summed E-state index contributed by atoms with van der Waals surface area (Å²) in [6, 6.07) is 2.01. The number of rotatable bonds is 3. The normalized spacial score (nSPS) is 25.3. The van der Waals surface area contributed by atoms with Crippen molar-refractivity contribution in [3.8, 4) is 0 Å². The van der Waals surface area contributed by atoms with Crippen LogP contribution in [0.15, 0.2) is 21.2 Å². The van der Waals surface area contributed by atoms with Crippen molar-refractivity contribution >= 4 is 15.9 Å². The Bertz CT molecular complexity index is 380. The van der Waals surface area contributed by atoms with E-state index in [-0.39, 0.29) is 5.54 Å². The average Bonchev–Trinajstić information content (AvgIpc) is 2.72. The van der Waals surface area contributed by atoms with Gasteiger partial charge in [0, 0.05) is 11.5 Å². The van der Waals surface area contributed by atoms with E-state index in [1.165, 1.54) is 25.7 Å². The third-order valence-electron chi connectivity index (χ3n) is 3.79. The third-order valence-corrected chi connectivity index (χ3v) is 4.44. The van der Waals surface area contributed by atoms with E-state index in [1.807, 2.05) is 6.07 Å². The molecule has 1 aliphatic rings. The third kappa shape index (κ3) is 3.61. The Morgan fingerprint density at radius 1 is 1.33 bits per heavy atom. The molecule has 0 radical (unpaired) electrons. The van der Waals surface area contributed by atoms with Crippen LogP contribution in [-0.4, -0.2) is 12.1 Å². The van der Waals surface area contributed by atoms with Crippen LogP contribution in [0.25, 0.3) is 0 Å². The van der Waals surface area contributed by atoms with Crippen molar-refractivity contribution in [1.29, 1.82) is 0 Å². The minimum atomic E-state index is 0.197. The lowest BCUT2D eigenvalue weighted by Crippen LogP contribution is -2.41. The Kier molecular flexibility index (Phi) is 4.54. The van der Waals surface area contributed by atoms with E-state index in [0.717, 1.165) is 16.8 Å². The fourth-order valence-electron chi connectivity index (χ4n) is 2.80. The first-order chi connectivity index (χ1) is 8.47. The number of hydrogen-bond acceptors (Lipinski definition) is 2. The van der Waals surface area contributed by atoms with E-state index >= 15 is 0 Å². The molecule has 2 unspecified atom stereocenters. The van der Waals surface area contributed by atoms with Crippen molar-refractivity contribution in [1.82, 2.24) is 5.32 Å². The topological polar surface area (TPSA) is 25.2 Å². The van der Waals surface area contributed by atoms with Gasteiger partial charge in [0.15, 0.2) is 0 Å². The quantitative estimate of drug-likeness (QED) is 0.874. The summed E-state index contributed by atoms with van der Waals surface area (Å²) in [6.45, 7) is 7.77. The number of furan rings is 1. The van der Waals surface area contributed by atoms with Crippen LogP contribution in [0.3, 0.4) is 0 Å². The maximum Gasteiger partial charge on any atom is 0.121 e. The van der Waals surface area contributed by atoms with Crippen LogP contribution in [0, 0.1) is 5.92 Å². The molecule has 1 aromatic rings. The smallest absolute Gasteiger partial charge is 0.121 e. The van der Waals surface area contributed by atoms with Crippen LogP contribution in [-0.2, 0) is 0 Å². The van der Waals surface area contributed by atoms with Crippen LogP contribution in [0.1, 0.15) is 58.1 Å². The van der Waals surface area contributed by atoms with Crippen LogP contribution in [0.2, 0.25) is 0 Å². The van der Waals surface area contributed by atoms with E-state index in [0.29, 0.717) is 11.8 Å². The molecule has 0 amide bonds. The fraction of sp³-hybridized carbons (Fsp3) is 0.733. The van der Waals surface area contributed by atoms with Gasteiger partial charge in [0.25, 0.3) is 0 Å². The van der Waals surface area contributed by atoms with Crippen LogP contribution in [0.5, 0.6) is 0 Å². The van der Waals surface area contributed by atoms with Gasteiger partial charge in [-0.25, -0.2) is 0 Å². The second-order valence-electron chi connectivity index (χ2n) is 6.41. The Hall–Kier alpha value is -0.280. The van der Waals surface area contributed by atoms with Crippen molar-refractivity contribution in [3.63, 3.8) is 0 Å². The van der Waals surface area contributed by atoms with Gasteiger partial charge in [0.05, 0.1) is 10.7 Å². The summed E-state index contributed by atoms with van der Waals surface area (Å²) in [6.07, 6.45) is 7.03. The second-order valence-corrected chi connectivity index (χ2v) is 7.27. The predicted octanol–water partition coefficient (Wildman–Crippen LogP) is 4.70. The molecule has 0 bridgehead atoms. The molecule has 1 aromatic heterocycles. The lowest BCUT2D eigenvalue weighted by molar-refractivity contribution is 0.245. The van der Waals surface area contributed by atoms with Gasteiger partial charge in [-0.05, 0) is 68.1 Å². The SMILES string of the molecule is CC(C)(C)NCC1CCCCC1c1occc1Br. The summed E-state index contributed by atoms with van der Waals surface area (Å²) in [7, 11) is 0. The molecule has 1 fully saturated rings. The van der Waals surface area contributed by atoms with Gasteiger partial charge in [-0.2, -0.15) is 0 Å². The largest absolute Gasteiger partial charge is 0.468 e. The van der Waals surface area contributed by atoms with Gasteiger partial charge < -0.3 is 9.73 Å². The highest BCUT2D eigenvalue weighted by Gasteiger charge is 2.30. The summed E-state index contributed by atoms with van der Waals surface area (Å²) in [5.41, 5.74) is 0.197. The maximum absolute atomic E-state index is 5.69. The molecule has 102 valence electrons. The molecule has 3 heteroatoms. The van der Waals surface area contributed by atoms with Crippen molar-refractivity contribution < 1.29 is 4.42 Å². The zero-order valence-electron chi connectivity index (χ0n) is 11.6. The van der Waals surface area contributed by atoms with E-state index in [1.54, 1.807) is 6.26 Å². The van der Waals surface area contributed by atoms with Gasteiger partial charge in [0.1, 0.15) is 5.76 Å². The molecule has 2 atom stereocenters. The molecule has 2 nitrogen and oxygen atoms in total. The molecule has 2 rings (SSSR count). The summed E-state index contributed by atoms with van der Waals surface area (Å²) in [5, 5.41) is 3.65. The summed E-state index contributed by atoms with van der Waals surface area (Å²) in [5.74, 6) is 2.41. The molecular weight excluding hydrogens is 290 g/mol. The van der Waals surface area contributed by atoms with Crippen LogP contribution < -0.4 is 5.32 Å². The van der Waals surface area contributed by atoms with E-state index in [2.05, 4.69) is 42.0 Å². The van der Waals surface area contributed by atoms with Crippen molar-refractivity contribution in [2.75, 3.05) is 6.54 Å². The molecule has 0 saturated heterocycles. The zero-order valence-corrected chi connectivity index (χ0v) is 13.2. The predicted molar refractivity (Wildman–Crippen MR) is 78.9 cm³/mol. The highest BCUT2D eigenvalue weighted by atomic mass is 79.9. The Labute approximate surface area is 119 Å². The van der Waals surface area contributed by atoms with Gasteiger partial charge in [-0.1, -0.05) is 12.8 Å². The number of halogens is 1. The van der Waals surface area contributed by atoms with Gasteiger partial charge in [0.2, 0.25) is 0 Å². The standard InChI is InChI=1S/C15H24BrNO/c1-15(2,3)17-10-11-6-4-5-7-12(11)14-13(16)8-9-18-14/h8-9,11-12,17H,4-7,10H2,1-3H3. The second kappa shape index (κ2) is 5.79. The molecule has 1 heterocycles. The molecular formula is C15H24BrNO. The first-order valence-electron chi connectivity index (χ1n) is 6.95. The lowest BCUT2D eigenvalue weighted by atomic mass is 9.77. The highest BCUT2D eigenvalue weighted by molar-refractivity contribution is 9.10. The molecule has 1 saturated carbocycles. The monoisotopic (exact) mass is 313 g/mol. The fourth-order valence-corrected chi connectivity index (χ4v) is 3.30. The van der Waals surface area contributed by atoms with Crippen LogP contribution >= 0.6 is 15.9 Å². The van der Waals surface area contributed by atoms with E-state index < -0.39 is 0 Å². The van der Waals surface area contributed by atoms with E-state index in [4.69, 9.17) is 4.42 Å². The highest BCUT2D eigenvalue weighted by Crippen LogP contribution is 2.40. The molecule has 18 heavy (non-hydrogen) atoms. The van der Waals surface area contributed by atoms with Crippen LogP contribution in [0.4, 0.5) is 0 Å². The van der Waals surface area contributed by atoms with E-state index in [9.17, 15) is 0 Å². The van der Waals surface area contributed by atoms with Gasteiger partial charge >= 0.3 is 0 Å². The van der Waals surface area contributed by atoms with Gasteiger partial charge in [-0.15, -0.1) is 0 Å². The summed E-state index contributed by atoms with van der Waals surface area (Å²) < 4.78 is 6.83. The minimum Gasteiger partial charge on any atom is -0.468 e. The Balaban J connectivity index is 2.05. The lowest BCUT2D eigenvalue weighted by Gasteiger charge is -2.33. The van der Waals surface area contributed by atoms with Crippen molar-refractivity contribution in [3.05, 3.63) is 22.6 Å². The Morgan fingerprint density at radius 2 is 2.06 bits per heavy atom. The van der Waals surface area contributed by atoms with Crippen molar-refractivity contribution in [2.24, 2.45) is 5.92 Å². The molecule has 0 aromatic carbocycles. The first-order valence-corrected chi connectivity index (χ1v) is 7.74. The molecule has 1 N–H and O–H groups in total. The summed E-state index contributed by atoms with van der Waals surface area (Å²) >= 11 is 3.61. The summed E-state index contributed by atoms with van der Waals surface area (Å²) in [4.78, 5) is 0. The number of hydrogen-bond donors (Lipinski definition) is 1. The molecule has 1 aliphatic carbocycles. The molecule has 0 spiro atoms. The minimum absolute atomic E-state index is 0.197. The maximum atomic E-state index is 5.69.